The summed E-state index contributed by atoms with van der Waals surface area (Å²) < 4.78 is 31.5. The number of hydrogen-bond donors (Lipinski definition) is 0. The van der Waals surface area contributed by atoms with E-state index in [0.717, 1.165) is 16.7 Å². The molecule has 0 aromatic heterocycles. The molecule has 41 heavy (non-hydrogen) atoms. The molecule has 0 unspecified atom stereocenters. The Hall–Kier alpha value is -3.09. The van der Waals surface area contributed by atoms with Crippen LogP contribution in [0.15, 0.2) is 91.0 Å². The summed E-state index contributed by atoms with van der Waals surface area (Å²) in [4.78, 5) is 2.23. The molecule has 0 aliphatic carbocycles. The molecule has 2 fully saturated rings. The first kappa shape index (κ1) is 29.4. The van der Waals surface area contributed by atoms with E-state index < -0.39 is 23.5 Å². The van der Waals surface area contributed by atoms with Gasteiger partial charge in [-0.25, -0.2) is 0 Å². The van der Waals surface area contributed by atoms with Crippen LogP contribution in [0, 0.1) is 11.3 Å². The Morgan fingerprint density at radius 3 is 1.98 bits per heavy atom. The molecule has 2 heterocycles. The Labute approximate surface area is 243 Å². The van der Waals surface area contributed by atoms with Crippen LogP contribution in [-0.2, 0) is 42.4 Å². The second kappa shape index (κ2) is 13.7. The first-order valence-corrected chi connectivity index (χ1v) is 14.4. The van der Waals surface area contributed by atoms with Gasteiger partial charge in [-0.2, -0.15) is 5.26 Å². The van der Waals surface area contributed by atoms with E-state index in [9.17, 15) is 5.26 Å². The lowest BCUT2D eigenvalue weighted by Gasteiger charge is -2.44. The Kier molecular flexibility index (Phi) is 9.84. The fourth-order valence-corrected chi connectivity index (χ4v) is 5.71. The largest absolute Gasteiger partial charge is 0.379 e. The summed E-state index contributed by atoms with van der Waals surface area (Å²) in [7, 11) is 0. The van der Waals surface area contributed by atoms with E-state index in [1.54, 1.807) is 0 Å². The molecule has 5 rings (SSSR count). The van der Waals surface area contributed by atoms with Crippen molar-refractivity contribution in [1.82, 2.24) is 4.90 Å². The highest BCUT2D eigenvalue weighted by Gasteiger charge is 2.48. The molecule has 7 heteroatoms. The summed E-state index contributed by atoms with van der Waals surface area (Å²) in [6.45, 7) is 7.43. The zero-order valence-electron chi connectivity index (χ0n) is 24.0. The number of morpholine rings is 1. The molecule has 216 valence electrons. The van der Waals surface area contributed by atoms with Gasteiger partial charge in [0.25, 0.3) is 0 Å². The molecule has 0 spiro atoms. The summed E-state index contributed by atoms with van der Waals surface area (Å²) in [5, 5.41) is 11.0. The molecule has 2 saturated heterocycles. The molecule has 3 aromatic carbocycles. The monoisotopic (exact) mass is 556 g/mol. The molecular weight excluding hydrogens is 516 g/mol. The molecule has 0 radical (unpaired) electrons. The van der Waals surface area contributed by atoms with E-state index >= 15 is 0 Å². The smallest absolute Gasteiger partial charge is 0.163 e. The highest BCUT2D eigenvalue weighted by Crippen LogP contribution is 2.38. The number of hydrogen-bond acceptors (Lipinski definition) is 7. The Bertz CT molecular complexity index is 1240. The summed E-state index contributed by atoms with van der Waals surface area (Å²) in [5.74, 6) is -0.737. The summed E-state index contributed by atoms with van der Waals surface area (Å²) in [6, 6.07) is 32.9. The van der Waals surface area contributed by atoms with Gasteiger partial charge in [0.1, 0.15) is 17.7 Å². The number of nitrogens with zero attached hydrogens (tertiary/aromatic N) is 2. The van der Waals surface area contributed by atoms with Gasteiger partial charge < -0.3 is 23.7 Å². The van der Waals surface area contributed by atoms with Crippen LogP contribution in [0.5, 0.6) is 0 Å². The van der Waals surface area contributed by atoms with Crippen molar-refractivity contribution < 1.29 is 23.7 Å². The first-order valence-electron chi connectivity index (χ1n) is 14.4. The third-order valence-electron chi connectivity index (χ3n) is 7.84. The van der Waals surface area contributed by atoms with Crippen molar-refractivity contribution in [2.24, 2.45) is 0 Å². The summed E-state index contributed by atoms with van der Waals surface area (Å²) in [6.07, 6.45) is -0.950. The third kappa shape index (κ3) is 7.41. The van der Waals surface area contributed by atoms with Gasteiger partial charge in [0.2, 0.25) is 0 Å². The molecule has 0 bridgehead atoms. The van der Waals surface area contributed by atoms with Crippen molar-refractivity contribution in [1.29, 1.82) is 5.26 Å². The van der Waals surface area contributed by atoms with Crippen LogP contribution in [0.25, 0.3) is 0 Å². The van der Waals surface area contributed by atoms with Crippen molar-refractivity contribution in [3.63, 3.8) is 0 Å². The third-order valence-corrected chi connectivity index (χ3v) is 7.84. The van der Waals surface area contributed by atoms with E-state index in [2.05, 4.69) is 11.0 Å². The molecule has 0 amide bonds. The Morgan fingerprint density at radius 1 is 0.878 bits per heavy atom. The predicted octanol–water partition coefficient (Wildman–Crippen LogP) is 5.45. The van der Waals surface area contributed by atoms with Crippen molar-refractivity contribution in [3.8, 4) is 6.07 Å². The van der Waals surface area contributed by atoms with Crippen LogP contribution in [-0.4, -0.2) is 61.9 Å². The second-order valence-electron chi connectivity index (χ2n) is 11.1. The highest BCUT2D eigenvalue weighted by atomic mass is 16.8. The minimum atomic E-state index is -0.949. The molecule has 4 atom stereocenters. The van der Waals surface area contributed by atoms with Crippen molar-refractivity contribution >= 4 is 0 Å². The lowest BCUT2D eigenvalue weighted by atomic mass is 9.81. The van der Waals surface area contributed by atoms with Crippen molar-refractivity contribution in [3.05, 3.63) is 108 Å². The fourth-order valence-electron chi connectivity index (χ4n) is 5.71. The van der Waals surface area contributed by atoms with E-state index in [-0.39, 0.29) is 6.10 Å². The van der Waals surface area contributed by atoms with Crippen molar-refractivity contribution in [2.45, 2.75) is 63.1 Å². The maximum absolute atomic E-state index is 11.0. The van der Waals surface area contributed by atoms with E-state index in [1.165, 1.54) is 0 Å². The van der Waals surface area contributed by atoms with Gasteiger partial charge in [-0.3, -0.25) is 4.90 Å². The highest BCUT2D eigenvalue weighted by molar-refractivity contribution is 5.32. The number of rotatable bonds is 12. The van der Waals surface area contributed by atoms with Gasteiger partial charge in [-0.05, 0) is 30.5 Å². The van der Waals surface area contributed by atoms with Crippen molar-refractivity contribution in [2.75, 3.05) is 32.9 Å². The van der Waals surface area contributed by atoms with E-state index in [4.69, 9.17) is 23.7 Å². The fraction of sp³-hybridized carbons (Fsp3) is 0.441. The maximum Gasteiger partial charge on any atom is 0.163 e. The standard InChI is InChI=1S/C34H40N2O5/c1-33(2)40-25-31(41-33)32(39-24-28-14-8-4-9-15-28)30(38-23-27-12-6-3-7-13-27)22-34(26-35,29-16-10-5-11-17-29)36-18-20-37-21-19-36/h3-17,30-32H,18-25H2,1-2H3/t30-,31-,32+,34+/m1/s1. The molecular formula is C34H40N2O5. The van der Waals surface area contributed by atoms with Gasteiger partial charge in [0, 0.05) is 19.5 Å². The average molecular weight is 557 g/mol. The van der Waals surface area contributed by atoms with E-state index in [1.807, 2.05) is 105 Å². The zero-order chi connectivity index (χ0) is 28.5. The van der Waals surface area contributed by atoms with Crippen LogP contribution in [0.2, 0.25) is 0 Å². The van der Waals surface area contributed by atoms with Gasteiger partial charge in [-0.15, -0.1) is 0 Å². The van der Waals surface area contributed by atoms with Crippen LogP contribution >= 0.6 is 0 Å². The molecule has 2 aliphatic rings. The number of benzene rings is 3. The van der Waals surface area contributed by atoms with E-state index in [0.29, 0.717) is 52.5 Å². The number of nitriles is 1. The normalized spacial score (nSPS) is 21.9. The quantitative estimate of drug-likeness (QED) is 0.294. The average Bonchev–Trinajstić information content (AvgIpc) is 3.39. The van der Waals surface area contributed by atoms with Gasteiger partial charge in [0.05, 0.1) is 45.2 Å². The SMILES string of the molecule is CC1(C)OC[C@H]([C@@H](OCc2ccccc2)[C@@H](C[C@](C#N)(c2ccccc2)N2CCOCC2)OCc2ccccc2)O1. The minimum absolute atomic E-state index is 0.369. The van der Waals surface area contributed by atoms with Crippen LogP contribution in [0.3, 0.4) is 0 Å². The lowest BCUT2D eigenvalue weighted by Crippen LogP contribution is -2.55. The van der Waals surface area contributed by atoms with Crippen LogP contribution in [0.1, 0.15) is 37.0 Å². The minimum Gasteiger partial charge on any atom is -0.379 e. The molecule has 2 aliphatic heterocycles. The van der Waals surface area contributed by atoms with Gasteiger partial charge in [-0.1, -0.05) is 91.0 Å². The van der Waals surface area contributed by atoms with Crippen LogP contribution in [0.4, 0.5) is 0 Å². The zero-order valence-corrected chi connectivity index (χ0v) is 24.0. The Morgan fingerprint density at radius 2 is 1.44 bits per heavy atom. The lowest BCUT2D eigenvalue weighted by molar-refractivity contribution is -0.184. The first-order chi connectivity index (χ1) is 20.0. The van der Waals surface area contributed by atoms with Crippen LogP contribution < -0.4 is 0 Å². The maximum atomic E-state index is 11.0. The molecule has 0 saturated carbocycles. The van der Waals surface area contributed by atoms with Gasteiger partial charge in [0.15, 0.2) is 5.79 Å². The topological polar surface area (TPSA) is 73.2 Å². The number of ether oxygens (including phenoxy) is 5. The summed E-state index contributed by atoms with van der Waals surface area (Å²) >= 11 is 0. The molecule has 7 nitrogen and oxygen atoms in total. The molecule has 0 N–H and O–H groups in total. The summed E-state index contributed by atoms with van der Waals surface area (Å²) in [5.41, 5.74) is 2.09. The Balaban J connectivity index is 1.52. The van der Waals surface area contributed by atoms with Gasteiger partial charge >= 0.3 is 0 Å². The molecule has 3 aromatic rings. The predicted molar refractivity (Wildman–Crippen MR) is 156 cm³/mol. The second-order valence-corrected chi connectivity index (χ2v) is 11.1.